The third-order valence-electron chi connectivity index (χ3n) is 7.46. The van der Waals surface area contributed by atoms with Gasteiger partial charge in [0, 0.05) is 10.0 Å². The molecular formula is C19H21BrN2O5S. The van der Waals surface area contributed by atoms with Crippen molar-refractivity contribution in [1.82, 2.24) is 4.31 Å². The standard InChI is InChI=1S/C19H21BrN2O5S/c1-18(2)11-7-8-19(18)13(9-11)22(28(19,25)26)17(24)16-15(23)14(21-27-16)10-3-5-12(20)6-4-10/h3-6,11,13,15-16,23H,7-9H2,1-2H3/t11-,13-,15-,16-,19-/m1/s1. The minimum atomic E-state index is -3.79. The number of carbonyl (C=O) groups excluding carboxylic acids is 1. The van der Waals surface area contributed by atoms with Gasteiger partial charge in [-0.2, -0.15) is 0 Å². The average molecular weight is 469 g/mol. The van der Waals surface area contributed by atoms with Crippen molar-refractivity contribution in [2.24, 2.45) is 16.5 Å². The molecule has 1 aromatic carbocycles. The zero-order valence-corrected chi connectivity index (χ0v) is 17.9. The Labute approximate surface area is 171 Å². The van der Waals surface area contributed by atoms with Crippen molar-refractivity contribution in [1.29, 1.82) is 0 Å². The second kappa shape index (κ2) is 5.58. The first kappa shape index (κ1) is 18.6. The molecule has 4 aliphatic rings. The van der Waals surface area contributed by atoms with E-state index < -0.39 is 32.9 Å². The molecule has 9 heteroatoms. The molecule has 2 heterocycles. The summed E-state index contributed by atoms with van der Waals surface area (Å²) < 4.78 is 27.5. The molecule has 2 bridgehead atoms. The van der Waals surface area contributed by atoms with Crippen LogP contribution in [0.3, 0.4) is 0 Å². The number of aliphatic hydroxyl groups is 1. The number of amides is 1. The Bertz CT molecular complexity index is 1010. The summed E-state index contributed by atoms with van der Waals surface area (Å²) >= 11 is 3.34. The van der Waals surface area contributed by atoms with Gasteiger partial charge in [0.15, 0.2) is 0 Å². The van der Waals surface area contributed by atoms with E-state index in [0.29, 0.717) is 18.4 Å². The molecule has 1 N–H and O–H groups in total. The van der Waals surface area contributed by atoms with Crippen molar-refractivity contribution < 1.29 is 23.2 Å². The van der Waals surface area contributed by atoms with Crippen LogP contribution in [0.2, 0.25) is 0 Å². The van der Waals surface area contributed by atoms with Crippen LogP contribution in [0, 0.1) is 11.3 Å². The van der Waals surface area contributed by atoms with Gasteiger partial charge in [0.1, 0.15) is 16.6 Å². The molecule has 7 nitrogen and oxygen atoms in total. The van der Waals surface area contributed by atoms with Gasteiger partial charge in [0.05, 0.1) is 6.04 Å². The Morgan fingerprint density at radius 1 is 1.32 bits per heavy atom. The fourth-order valence-corrected chi connectivity index (χ4v) is 9.04. The largest absolute Gasteiger partial charge is 0.382 e. The van der Waals surface area contributed by atoms with E-state index in [-0.39, 0.29) is 23.1 Å². The summed E-state index contributed by atoms with van der Waals surface area (Å²) in [4.78, 5) is 18.3. The Kier molecular flexibility index (Phi) is 3.70. The predicted octanol–water partition coefficient (Wildman–Crippen LogP) is 2.03. The molecule has 0 aromatic heterocycles. The van der Waals surface area contributed by atoms with Crippen LogP contribution in [0.4, 0.5) is 0 Å². The van der Waals surface area contributed by atoms with Gasteiger partial charge in [-0.05, 0) is 42.7 Å². The molecular weight excluding hydrogens is 448 g/mol. The lowest BCUT2D eigenvalue weighted by Crippen LogP contribution is -2.76. The Balaban J connectivity index is 1.41. The number of fused-ring (bicyclic) bond motifs is 1. The molecule has 5 rings (SSSR count). The highest BCUT2D eigenvalue weighted by Crippen LogP contribution is 2.70. The van der Waals surface area contributed by atoms with Gasteiger partial charge in [-0.25, -0.2) is 12.7 Å². The minimum absolute atomic E-state index is 0.228. The van der Waals surface area contributed by atoms with E-state index in [1.807, 2.05) is 13.8 Å². The van der Waals surface area contributed by atoms with Crippen molar-refractivity contribution in [3.05, 3.63) is 34.3 Å². The number of sulfonamides is 1. The first-order valence-corrected chi connectivity index (χ1v) is 11.6. The molecule has 150 valence electrons. The summed E-state index contributed by atoms with van der Waals surface area (Å²) in [5.74, 6) is -0.434. The second-order valence-electron chi connectivity index (χ2n) is 8.69. The highest BCUT2D eigenvalue weighted by atomic mass is 79.9. The van der Waals surface area contributed by atoms with Crippen LogP contribution in [0.15, 0.2) is 33.9 Å². The number of oxime groups is 1. The van der Waals surface area contributed by atoms with E-state index in [1.54, 1.807) is 24.3 Å². The molecule has 28 heavy (non-hydrogen) atoms. The molecule has 3 fully saturated rings. The number of benzene rings is 1. The summed E-state index contributed by atoms with van der Waals surface area (Å²) in [7, 11) is -3.79. The number of nitrogens with zero attached hydrogens (tertiary/aromatic N) is 2. The van der Waals surface area contributed by atoms with Crippen molar-refractivity contribution >= 4 is 37.6 Å². The zero-order valence-electron chi connectivity index (χ0n) is 15.5. The van der Waals surface area contributed by atoms with Crippen LogP contribution in [0.5, 0.6) is 0 Å². The highest BCUT2D eigenvalue weighted by molar-refractivity contribution is 9.10. The third-order valence-corrected chi connectivity index (χ3v) is 10.9. The summed E-state index contributed by atoms with van der Waals surface area (Å²) in [5.41, 5.74) is 0.503. The third kappa shape index (κ3) is 1.95. The highest BCUT2D eigenvalue weighted by Gasteiger charge is 2.81. The number of aliphatic hydroxyl groups excluding tert-OH is 1. The summed E-state index contributed by atoms with van der Waals surface area (Å²) in [6.45, 7) is 4.00. The van der Waals surface area contributed by atoms with E-state index >= 15 is 0 Å². The smallest absolute Gasteiger partial charge is 0.283 e. The number of halogens is 1. The molecule has 2 aliphatic carbocycles. The lowest BCUT2D eigenvalue weighted by molar-refractivity contribution is -0.145. The van der Waals surface area contributed by atoms with Crippen LogP contribution >= 0.6 is 15.9 Å². The summed E-state index contributed by atoms with van der Waals surface area (Å²) in [6, 6.07) is 6.74. The van der Waals surface area contributed by atoms with Crippen LogP contribution < -0.4 is 0 Å². The van der Waals surface area contributed by atoms with Gasteiger partial charge >= 0.3 is 0 Å². The van der Waals surface area contributed by atoms with Crippen molar-refractivity contribution in [3.63, 3.8) is 0 Å². The first-order chi connectivity index (χ1) is 13.1. The molecule has 2 saturated carbocycles. The monoisotopic (exact) mass is 468 g/mol. The molecule has 1 amide bonds. The van der Waals surface area contributed by atoms with Crippen molar-refractivity contribution in [3.8, 4) is 0 Å². The van der Waals surface area contributed by atoms with Crippen LogP contribution in [-0.2, 0) is 19.7 Å². The van der Waals surface area contributed by atoms with Gasteiger partial charge in [-0.15, -0.1) is 0 Å². The maximum Gasteiger partial charge on any atom is 0.283 e. The molecule has 0 unspecified atom stereocenters. The van der Waals surface area contributed by atoms with Gasteiger partial charge < -0.3 is 9.94 Å². The Morgan fingerprint density at radius 3 is 2.64 bits per heavy atom. The summed E-state index contributed by atoms with van der Waals surface area (Å²) in [5, 5.41) is 14.5. The second-order valence-corrected chi connectivity index (χ2v) is 11.7. The van der Waals surface area contributed by atoms with Crippen LogP contribution in [0.25, 0.3) is 0 Å². The number of hydrogen-bond donors (Lipinski definition) is 1. The average Bonchev–Trinajstić information content (AvgIpc) is 3.21. The topological polar surface area (TPSA) is 96.3 Å². The van der Waals surface area contributed by atoms with Crippen LogP contribution in [-0.4, -0.2) is 52.4 Å². The van der Waals surface area contributed by atoms with Crippen molar-refractivity contribution in [2.45, 2.75) is 56.1 Å². The van der Waals surface area contributed by atoms with Crippen LogP contribution in [0.1, 0.15) is 38.7 Å². The van der Waals surface area contributed by atoms with E-state index in [1.165, 1.54) is 0 Å². The predicted molar refractivity (Wildman–Crippen MR) is 105 cm³/mol. The molecule has 2 aliphatic heterocycles. The number of carbonyl (C=O) groups is 1. The molecule has 1 saturated heterocycles. The lowest BCUT2D eigenvalue weighted by Gasteiger charge is -2.56. The Morgan fingerprint density at radius 2 is 2.00 bits per heavy atom. The van der Waals surface area contributed by atoms with E-state index in [9.17, 15) is 18.3 Å². The molecule has 0 radical (unpaired) electrons. The van der Waals surface area contributed by atoms with E-state index in [0.717, 1.165) is 15.2 Å². The van der Waals surface area contributed by atoms with E-state index in [2.05, 4.69) is 21.1 Å². The fourth-order valence-electron chi connectivity index (χ4n) is 5.89. The maximum atomic E-state index is 13.2. The van der Waals surface area contributed by atoms with E-state index in [4.69, 9.17) is 4.84 Å². The SMILES string of the molecule is CC1(C)[C@@H]2CC[C@@]13[C@@H](C2)N(C(=O)[C@@H]1ON=C(c2ccc(Br)cc2)[C@H]1O)S3(=O)=O. The Hall–Kier alpha value is -1.45. The van der Waals surface area contributed by atoms with Gasteiger partial charge in [0.25, 0.3) is 5.91 Å². The molecule has 5 atom stereocenters. The minimum Gasteiger partial charge on any atom is -0.382 e. The molecule has 1 aromatic rings. The zero-order chi connectivity index (χ0) is 20.1. The van der Waals surface area contributed by atoms with Gasteiger partial charge in [-0.3, -0.25) is 4.79 Å². The van der Waals surface area contributed by atoms with Gasteiger partial charge in [0.2, 0.25) is 16.1 Å². The summed E-state index contributed by atoms with van der Waals surface area (Å²) in [6.07, 6.45) is -0.498. The van der Waals surface area contributed by atoms with Crippen molar-refractivity contribution in [2.75, 3.05) is 0 Å². The normalized spacial score (nSPS) is 39.1. The fraction of sp³-hybridized carbons (Fsp3) is 0.579. The first-order valence-electron chi connectivity index (χ1n) is 9.38. The molecule has 1 spiro atoms. The maximum absolute atomic E-state index is 13.2. The quantitative estimate of drug-likeness (QED) is 0.715. The number of rotatable bonds is 2. The lowest BCUT2D eigenvalue weighted by atomic mass is 9.80. The number of hydrogen-bond acceptors (Lipinski definition) is 6. The van der Waals surface area contributed by atoms with Gasteiger partial charge in [-0.1, -0.05) is 47.1 Å².